The number of nitrogens with zero attached hydrogens (tertiary/aromatic N) is 5. The third kappa shape index (κ3) is 6.67. The molecule has 1 aliphatic heterocycles. The number of anilines is 1. The quantitative estimate of drug-likeness (QED) is 0.330. The van der Waals surface area contributed by atoms with Gasteiger partial charge in [-0.15, -0.1) is 0 Å². The van der Waals surface area contributed by atoms with E-state index < -0.39 is 0 Å². The number of hydrogen-bond donors (Lipinski definition) is 0. The maximum absolute atomic E-state index is 5.04. The van der Waals surface area contributed by atoms with Crippen molar-refractivity contribution in [2.75, 3.05) is 70.3 Å². The smallest absolute Gasteiger partial charge is 0.0774 e. The van der Waals surface area contributed by atoms with E-state index in [-0.39, 0.29) is 0 Å². The third-order valence-electron chi connectivity index (χ3n) is 7.14. The van der Waals surface area contributed by atoms with Crippen molar-refractivity contribution in [2.45, 2.75) is 52.9 Å². The van der Waals surface area contributed by atoms with Crippen LogP contribution in [0, 0.1) is 0 Å². The van der Waals surface area contributed by atoms with E-state index in [9.17, 15) is 0 Å². The van der Waals surface area contributed by atoms with Crippen LogP contribution in [0.2, 0.25) is 0 Å². The summed E-state index contributed by atoms with van der Waals surface area (Å²) in [5, 5.41) is 0. The lowest BCUT2D eigenvalue weighted by Crippen LogP contribution is -2.35. The molecule has 5 nitrogen and oxygen atoms in total. The Kier molecular flexibility index (Phi) is 10.5. The maximum Gasteiger partial charge on any atom is 0.0774 e. The Morgan fingerprint density at radius 1 is 0.765 bits per heavy atom. The topological polar surface area (TPSA) is 25.3 Å². The van der Waals surface area contributed by atoms with Crippen molar-refractivity contribution >= 4 is 28.8 Å². The fraction of sp³-hybridized carbons (Fsp3) is 0.607. The average molecular weight is 484 g/mol. The zero-order valence-electron chi connectivity index (χ0n) is 22.3. The second-order valence-corrected chi connectivity index (χ2v) is 9.95. The van der Waals surface area contributed by atoms with Gasteiger partial charge in [0.25, 0.3) is 0 Å². The average Bonchev–Trinajstić information content (AvgIpc) is 2.87. The van der Waals surface area contributed by atoms with Crippen molar-refractivity contribution < 1.29 is 0 Å². The minimum Gasteiger partial charge on any atom is -0.371 e. The normalized spacial score (nSPS) is 15.0. The summed E-state index contributed by atoms with van der Waals surface area (Å²) in [7, 11) is 0. The Hall–Kier alpha value is -1.76. The van der Waals surface area contributed by atoms with E-state index in [1.807, 2.05) is 11.8 Å². The van der Waals surface area contributed by atoms with Gasteiger partial charge in [0.15, 0.2) is 0 Å². The van der Waals surface area contributed by atoms with Crippen LogP contribution in [0.1, 0.15) is 48.0 Å². The Balaban J connectivity index is 1.73. The number of likely N-dealkylation sites (N-methyl/N-ethyl adjacent to an activating group) is 4. The zero-order chi connectivity index (χ0) is 24.5. The molecular formula is C28H45N5S. The lowest BCUT2D eigenvalue weighted by molar-refractivity contribution is 0.253. The second kappa shape index (κ2) is 13.4. The summed E-state index contributed by atoms with van der Waals surface area (Å²) in [6.07, 6.45) is 5.65. The highest BCUT2D eigenvalue weighted by Gasteiger charge is 2.23. The first kappa shape index (κ1) is 26.8. The number of allylic oxidation sites excluding steroid dienone is 3. The number of benzene rings is 1. The summed E-state index contributed by atoms with van der Waals surface area (Å²) in [5.74, 6) is 0. The molecule has 2 aliphatic rings. The van der Waals surface area contributed by atoms with Gasteiger partial charge in [-0.1, -0.05) is 45.5 Å². The molecule has 0 atom stereocenters. The summed E-state index contributed by atoms with van der Waals surface area (Å²) in [5.41, 5.74) is 4.99. The van der Waals surface area contributed by atoms with Crippen molar-refractivity contribution in [3.05, 3.63) is 41.0 Å². The minimum atomic E-state index is 0.919. The fourth-order valence-electron chi connectivity index (χ4n) is 4.67. The molecule has 0 saturated carbocycles. The number of hydrogen-bond acceptors (Lipinski definition) is 6. The van der Waals surface area contributed by atoms with E-state index >= 15 is 0 Å². The van der Waals surface area contributed by atoms with Crippen LogP contribution < -0.4 is 4.90 Å². The fourth-order valence-corrected chi connectivity index (χ4v) is 5.73. The van der Waals surface area contributed by atoms with Crippen LogP contribution in [0.15, 0.2) is 50.8 Å². The zero-order valence-corrected chi connectivity index (χ0v) is 23.1. The molecule has 0 bridgehead atoms. The molecule has 0 saturated heterocycles. The molecule has 0 N–H and O–H groups in total. The Morgan fingerprint density at radius 2 is 1.38 bits per heavy atom. The summed E-state index contributed by atoms with van der Waals surface area (Å²) < 4.78 is 0. The largest absolute Gasteiger partial charge is 0.371 e. The first-order chi connectivity index (χ1) is 16.6. The number of thioether (sulfide) groups is 1. The van der Waals surface area contributed by atoms with Crippen molar-refractivity contribution in [3.8, 4) is 0 Å². The van der Waals surface area contributed by atoms with E-state index in [2.05, 4.69) is 91.5 Å². The van der Waals surface area contributed by atoms with E-state index in [0.29, 0.717) is 0 Å². The molecule has 1 aliphatic carbocycles. The minimum absolute atomic E-state index is 0.919. The van der Waals surface area contributed by atoms with Crippen LogP contribution in [0.5, 0.6) is 0 Å². The first-order valence-corrected chi connectivity index (χ1v) is 14.1. The summed E-state index contributed by atoms with van der Waals surface area (Å²) in [6.45, 7) is 24.4. The van der Waals surface area contributed by atoms with E-state index in [4.69, 9.17) is 4.99 Å². The number of aliphatic imine (C=N–C) groups is 1. The van der Waals surface area contributed by atoms with Crippen molar-refractivity contribution in [1.29, 1.82) is 0 Å². The predicted octanol–water partition coefficient (Wildman–Crippen LogP) is 5.87. The van der Waals surface area contributed by atoms with Gasteiger partial charge in [-0.2, -0.15) is 0 Å². The van der Waals surface area contributed by atoms with Gasteiger partial charge < -0.3 is 19.6 Å². The molecule has 3 rings (SSSR count). The second-order valence-electron chi connectivity index (χ2n) is 8.87. The molecule has 1 heterocycles. The molecule has 188 valence electrons. The van der Waals surface area contributed by atoms with Gasteiger partial charge in [-0.25, -0.2) is 0 Å². The summed E-state index contributed by atoms with van der Waals surface area (Å²) in [4.78, 5) is 17.6. The summed E-state index contributed by atoms with van der Waals surface area (Å²) in [6, 6.07) is 6.81. The van der Waals surface area contributed by atoms with Crippen LogP contribution in [0.3, 0.4) is 0 Å². The Morgan fingerprint density at radius 3 is 1.97 bits per heavy atom. The van der Waals surface area contributed by atoms with Gasteiger partial charge in [0.1, 0.15) is 0 Å². The molecule has 0 radical (unpaired) electrons. The molecule has 1 aromatic rings. The van der Waals surface area contributed by atoms with Gasteiger partial charge in [0.05, 0.1) is 11.4 Å². The highest BCUT2D eigenvalue weighted by molar-refractivity contribution is 8.04. The molecule has 6 heteroatoms. The van der Waals surface area contributed by atoms with Crippen LogP contribution >= 0.6 is 11.8 Å². The molecule has 0 aromatic heterocycles. The third-order valence-corrected chi connectivity index (χ3v) is 8.26. The van der Waals surface area contributed by atoms with Crippen LogP contribution in [0.25, 0.3) is 0 Å². The van der Waals surface area contributed by atoms with Gasteiger partial charge in [-0.05, 0) is 64.3 Å². The first-order valence-electron chi connectivity index (χ1n) is 13.3. The van der Waals surface area contributed by atoms with Gasteiger partial charge >= 0.3 is 0 Å². The highest BCUT2D eigenvalue weighted by Crippen LogP contribution is 2.44. The standard InChI is InChI=1S/C28H45N5S/c1-7-30(8-2)17-19-32(11-5)23-13-15-25-27(21-23)34-28-22-24(14-16-26(28)29-25)33(12-6)20-18-31(9-3)10-4/h13-15,21-22H,7-12,16-20H2,1-6H3. The molecule has 0 fully saturated rings. The molecule has 0 amide bonds. The van der Waals surface area contributed by atoms with E-state index in [1.165, 1.54) is 26.9 Å². The van der Waals surface area contributed by atoms with Crippen molar-refractivity contribution in [2.24, 2.45) is 4.99 Å². The van der Waals surface area contributed by atoms with E-state index in [0.717, 1.165) is 77.6 Å². The van der Waals surface area contributed by atoms with Crippen molar-refractivity contribution in [1.82, 2.24) is 14.7 Å². The number of fused-ring (bicyclic) bond motifs is 2. The van der Waals surface area contributed by atoms with Crippen LogP contribution in [-0.2, 0) is 0 Å². The SMILES string of the molecule is CCN(CC)CCN(CC)C1=CCC2=Nc3ccc(N(CC)CCN(CC)CC)cc3SC2=C1. The molecule has 0 unspecified atom stereocenters. The van der Waals surface area contributed by atoms with Crippen LogP contribution in [-0.4, -0.2) is 85.9 Å². The van der Waals surface area contributed by atoms with Gasteiger partial charge in [0.2, 0.25) is 0 Å². The predicted molar refractivity (Wildman–Crippen MR) is 151 cm³/mol. The van der Waals surface area contributed by atoms with Crippen LogP contribution in [0.4, 0.5) is 11.4 Å². The molecule has 1 aromatic carbocycles. The van der Waals surface area contributed by atoms with Crippen molar-refractivity contribution in [3.63, 3.8) is 0 Å². The van der Waals surface area contributed by atoms with E-state index in [1.54, 1.807) is 0 Å². The van der Waals surface area contributed by atoms with Gasteiger partial charge in [0, 0.05) is 66.9 Å². The molecule has 34 heavy (non-hydrogen) atoms. The lowest BCUT2D eigenvalue weighted by Gasteiger charge is -2.31. The summed E-state index contributed by atoms with van der Waals surface area (Å²) >= 11 is 1.90. The Bertz CT molecular complexity index is 883. The lowest BCUT2D eigenvalue weighted by atomic mass is 10.1. The monoisotopic (exact) mass is 483 g/mol. The van der Waals surface area contributed by atoms with Gasteiger partial charge in [-0.3, -0.25) is 4.99 Å². The Labute approximate surface area is 212 Å². The maximum atomic E-state index is 5.04. The molecule has 0 spiro atoms. The highest BCUT2D eigenvalue weighted by atomic mass is 32.2. The number of rotatable bonds is 14. The molecular weight excluding hydrogens is 438 g/mol.